The van der Waals surface area contributed by atoms with Crippen molar-refractivity contribution in [3.63, 3.8) is 0 Å². The molecule has 5 rings (SSSR count). The summed E-state index contributed by atoms with van der Waals surface area (Å²) in [5.41, 5.74) is -0.385. The van der Waals surface area contributed by atoms with Gasteiger partial charge in [-0.25, -0.2) is 4.39 Å². The van der Waals surface area contributed by atoms with Crippen LogP contribution in [0.25, 0.3) is 0 Å². The standard InChI is InChI=1S/C16H16FN3O2/c17-16-8-12-13(21)19-7-3-6-11(19)14(22)20(12)15(16)18-10-5-2-1-4-9(10)16/h1-2,4-5,11-12,15,18H,3,6-8H2/t11-,12-,15?,16?/m0/s1. The van der Waals surface area contributed by atoms with E-state index < -0.39 is 23.9 Å². The molecule has 6 heteroatoms. The number of alkyl halides is 1. The number of nitrogens with zero attached hydrogens (tertiary/aromatic N) is 2. The third-order valence-corrected chi connectivity index (χ3v) is 5.57. The highest BCUT2D eigenvalue weighted by Gasteiger charge is 2.65. The molecule has 3 fully saturated rings. The molecule has 114 valence electrons. The van der Waals surface area contributed by atoms with E-state index in [-0.39, 0.29) is 18.2 Å². The van der Waals surface area contributed by atoms with Crippen molar-refractivity contribution >= 4 is 17.5 Å². The molecular formula is C16H16FN3O2. The SMILES string of the molecule is O=C1[C@@H]2CC3(F)c4ccccc4NC3N2C(=O)[C@@H]2CCCN12. The molecule has 4 aliphatic rings. The molecule has 1 N–H and O–H groups in total. The van der Waals surface area contributed by atoms with Gasteiger partial charge in [0.25, 0.3) is 0 Å². The van der Waals surface area contributed by atoms with Gasteiger partial charge in [-0.05, 0) is 18.9 Å². The van der Waals surface area contributed by atoms with Crippen LogP contribution in [0.5, 0.6) is 0 Å². The van der Waals surface area contributed by atoms with Crippen molar-refractivity contribution in [3.05, 3.63) is 29.8 Å². The number of fused-ring (bicyclic) bond motifs is 6. The number of carbonyl (C=O) groups excluding carboxylic acids is 2. The number of halogens is 1. The highest BCUT2D eigenvalue weighted by molar-refractivity contribution is 5.99. The molecule has 0 aromatic heterocycles. The van der Waals surface area contributed by atoms with E-state index >= 15 is 4.39 Å². The highest BCUT2D eigenvalue weighted by atomic mass is 19.1. The Hall–Kier alpha value is -2.11. The molecule has 5 nitrogen and oxygen atoms in total. The van der Waals surface area contributed by atoms with Crippen molar-refractivity contribution in [3.8, 4) is 0 Å². The number of hydrogen-bond donors (Lipinski definition) is 1. The quantitative estimate of drug-likeness (QED) is 0.783. The minimum Gasteiger partial charge on any atom is -0.362 e. The van der Waals surface area contributed by atoms with Crippen molar-refractivity contribution in [2.45, 2.75) is 43.2 Å². The van der Waals surface area contributed by atoms with E-state index in [0.717, 1.165) is 12.1 Å². The molecule has 2 unspecified atom stereocenters. The van der Waals surface area contributed by atoms with Crippen LogP contribution < -0.4 is 5.32 Å². The Bertz CT molecular complexity index is 708. The fraction of sp³-hybridized carbons (Fsp3) is 0.500. The number of hydrogen-bond acceptors (Lipinski definition) is 3. The molecule has 0 spiro atoms. The second-order valence-electron chi connectivity index (χ2n) is 6.61. The molecule has 1 aromatic rings. The van der Waals surface area contributed by atoms with Crippen LogP contribution in [-0.4, -0.2) is 46.4 Å². The van der Waals surface area contributed by atoms with Crippen LogP contribution in [0.15, 0.2) is 24.3 Å². The smallest absolute Gasteiger partial charge is 0.247 e. The molecule has 22 heavy (non-hydrogen) atoms. The van der Waals surface area contributed by atoms with Crippen molar-refractivity contribution < 1.29 is 14.0 Å². The van der Waals surface area contributed by atoms with Gasteiger partial charge in [0.1, 0.15) is 18.2 Å². The summed E-state index contributed by atoms with van der Waals surface area (Å²) < 4.78 is 15.7. The normalized spacial score (nSPS) is 38.5. The summed E-state index contributed by atoms with van der Waals surface area (Å²) in [6.07, 6.45) is 0.832. The summed E-state index contributed by atoms with van der Waals surface area (Å²) in [6.45, 7) is 0.619. The van der Waals surface area contributed by atoms with Gasteiger partial charge in [0.15, 0.2) is 5.67 Å². The summed E-state index contributed by atoms with van der Waals surface area (Å²) in [7, 11) is 0. The lowest BCUT2D eigenvalue weighted by Crippen LogP contribution is -2.63. The van der Waals surface area contributed by atoms with E-state index in [1.807, 2.05) is 12.1 Å². The first-order valence-corrected chi connectivity index (χ1v) is 7.79. The van der Waals surface area contributed by atoms with Gasteiger partial charge in [-0.15, -0.1) is 0 Å². The first-order valence-electron chi connectivity index (χ1n) is 7.79. The Labute approximate surface area is 127 Å². The van der Waals surface area contributed by atoms with E-state index in [4.69, 9.17) is 0 Å². The first kappa shape index (κ1) is 12.4. The number of rotatable bonds is 0. The molecule has 0 bridgehead atoms. The van der Waals surface area contributed by atoms with Gasteiger partial charge in [-0.2, -0.15) is 0 Å². The van der Waals surface area contributed by atoms with E-state index in [2.05, 4.69) is 5.32 Å². The maximum atomic E-state index is 15.7. The van der Waals surface area contributed by atoms with Crippen LogP contribution in [-0.2, 0) is 15.3 Å². The number of piperazine rings is 1. The van der Waals surface area contributed by atoms with Gasteiger partial charge in [-0.1, -0.05) is 18.2 Å². The summed E-state index contributed by atoms with van der Waals surface area (Å²) in [4.78, 5) is 28.6. The van der Waals surface area contributed by atoms with Gasteiger partial charge < -0.3 is 15.1 Å². The molecule has 2 amide bonds. The molecule has 0 aliphatic carbocycles. The Kier molecular flexibility index (Phi) is 2.15. The van der Waals surface area contributed by atoms with Gasteiger partial charge in [0.2, 0.25) is 11.8 Å². The zero-order chi connectivity index (χ0) is 15.1. The number of nitrogens with one attached hydrogen (secondary N) is 1. The molecular weight excluding hydrogens is 285 g/mol. The summed E-state index contributed by atoms with van der Waals surface area (Å²) >= 11 is 0. The monoisotopic (exact) mass is 301 g/mol. The zero-order valence-electron chi connectivity index (χ0n) is 12.0. The molecule has 1 aromatic carbocycles. The van der Waals surface area contributed by atoms with E-state index in [1.54, 1.807) is 17.0 Å². The van der Waals surface area contributed by atoms with Gasteiger partial charge in [0, 0.05) is 24.2 Å². The Morgan fingerprint density at radius 1 is 1.18 bits per heavy atom. The second kappa shape index (κ2) is 3.80. The average molecular weight is 301 g/mol. The van der Waals surface area contributed by atoms with E-state index in [0.29, 0.717) is 18.5 Å². The van der Waals surface area contributed by atoms with Gasteiger partial charge in [0.05, 0.1) is 0 Å². The third-order valence-electron chi connectivity index (χ3n) is 5.57. The summed E-state index contributed by atoms with van der Waals surface area (Å²) in [6, 6.07) is 6.15. The molecule has 4 atom stereocenters. The summed E-state index contributed by atoms with van der Waals surface area (Å²) in [5, 5.41) is 3.13. The van der Waals surface area contributed by atoms with Crippen LogP contribution >= 0.6 is 0 Å². The predicted molar refractivity (Wildman–Crippen MR) is 76.6 cm³/mol. The topological polar surface area (TPSA) is 52.7 Å². The molecule has 3 saturated heterocycles. The van der Waals surface area contributed by atoms with E-state index in [9.17, 15) is 9.59 Å². The van der Waals surface area contributed by atoms with Crippen molar-refractivity contribution in [2.75, 3.05) is 11.9 Å². The minimum atomic E-state index is -1.67. The molecule has 0 radical (unpaired) electrons. The van der Waals surface area contributed by atoms with E-state index in [1.165, 1.54) is 4.90 Å². The third kappa shape index (κ3) is 1.25. The molecule has 4 aliphatic heterocycles. The lowest BCUT2D eigenvalue weighted by atomic mass is 9.92. The van der Waals surface area contributed by atoms with Gasteiger partial charge >= 0.3 is 0 Å². The largest absolute Gasteiger partial charge is 0.362 e. The van der Waals surface area contributed by atoms with Crippen LogP contribution in [0.1, 0.15) is 24.8 Å². The highest BCUT2D eigenvalue weighted by Crippen LogP contribution is 2.53. The first-order chi connectivity index (χ1) is 10.6. The maximum Gasteiger partial charge on any atom is 0.247 e. The number of amides is 2. The molecule has 4 heterocycles. The minimum absolute atomic E-state index is 0.0511. The second-order valence-corrected chi connectivity index (χ2v) is 6.61. The predicted octanol–water partition coefficient (Wildman–Crippen LogP) is 1.21. The van der Waals surface area contributed by atoms with Crippen LogP contribution in [0.4, 0.5) is 10.1 Å². The number of para-hydroxylation sites is 1. The van der Waals surface area contributed by atoms with Crippen LogP contribution in [0, 0.1) is 0 Å². The van der Waals surface area contributed by atoms with Crippen LogP contribution in [0.3, 0.4) is 0 Å². The van der Waals surface area contributed by atoms with Crippen LogP contribution in [0.2, 0.25) is 0 Å². The Balaban J connectivity index is 1.61. The Morgan fingerprint density at radius 2 is 2.00 bits per heavy atom. The maximum absolute atomic E-state index is 15.7. The van der Waals surface area contributed by atoms with Crippen molar-refractivity contribution in [2.24, 2.45) is 0 Å². The van der Waals surface area contributed by atoms with Crippen molar-refractivity contribution in [1.82, 2.24) is 9.80 Å². The van der Waals surface area contributed by atoms with Crippen molar-refractivity contribution in [1.29, 1.82) is 0 Å². The Morgan fingerprint density at radius 3 is 2.86 bits per heavy atom. The number of benzene rings is 1. The fourth-order valence-electron chi connectivity index (χ4n) is 4.59. The zero-order valence-corrected chi connectivity index (χ0v) is 12.0. The average Bonchev–Trinajstić information content (AvgIpc) is 3.16. The lowest BCUT2D eigenvalue weighted by molar-refractivity contribution is -0.158. The van der Waals surface area contributed by atoms with Gasteiger partial charge in [-0.3, -0.25) is 9.59 Å². The number of anilines is 1. The molecule has 0 saturated carbocycles. The number of carbonyl (C=O) groups is 2. The lowest BCUT2D eigenvalue weighted by Gasteiger charge is -2.40. The summed E-state index contributed by atoms with van der Waals surface area (Å²) in [5.74, 6) is -0.195. The fourth-order valence-corrected chi connectivity index (χ4v) is 4.59.